The van der Waals surface area contributed by atoms with Gasteiger partial charge >= 0.3 is 0 Å². The highest BCUT2D eigenvalue weighted by molar-refractivity contribution is 9.11. The van der Waals surface area contributed by atoms with E-state index >= 15 is 0 Å². The molecule has 0 aliphatic carbocycles. The van der Waals surface area contributed by atoms with E-state index in [1.54, 1.807) is 11.3 Å². The van der Waals surface area contributed by atoms with Gasteiger partial charge in [-0.15, -0.1) is 11.3 Å². The summed E-state index contributed by atoms with van der Waals surface area (Å²) in [5.74, 6) is 0. The lowest BCUT2D eigenvalue weighted by Crippen LogP contribution is -2.38. The topological polar surface area (TPSA) is 47.1 Å². The molecule has 0 aliphatic rings. The zero-order valence-corrected chi connectivity index (χ0v) is 14.5. The lowest BCUT2D eigenvalue weighted by atomic mass is 9.99. The van der Waals surface area contributed by atoms with Crippen LogP contribution in [0.2, 0.25) is 0 Å². The second-order valence-corrected chi connectivity index (χ2v) is 7.43. The number of hydrogen-bond acceptors (Lipinski definition) is 4. The van der Waals surface area contributed by atoms with E-state index in [-0.39, 0.29) is 12.1 Å². The van der Waals surface area contributed by atoms with Gasteiger partial charge < -0.3 is 5.73 Å². The summed E-state index contributed by atoms with van der Waals surface area (Å²) in [6.07, 6.45) is 4.91. The van der Waals surface area contributed by atoms with Crippen LogP contribution in [-0.2, 0) is 13.6 Å². The van der Waals surface area contributed by atoms with Crippen LogP contribution in [0.3, 0.4) is 0 Å². The van der Waals surface area contributed by atoms with Crippen LogP contribution < -0.4 is 5.73 Å². The molecule has 0 bridgehead atoms. The largest absolute Gasteiger partial charge is 0.326 e. The highest BCUT2D eigenvalue weighted by atomic mass is 79.9. The van der Waals surface area contributed by atoms with Crippen molar-refractivity contribution >= 4 is 27.3 Å². The highest BCUT2D eigenvalue weighted by Crippen LogP contribution is 2.27. The summed E-state index contributed by atoms with van der Waals surface area (Å²) in [6.45, 7) is 3.01. The minimum Gasteiger partial charge on any atom is -0.326 e. The molecule has 2 unspecified atom stereocenters. The van der Waals surface area contributed by atoms with Gasteiger partial charge in [0.05, 0.1) is 16.0 Å². The van der Waals surface area contributed by atoms with Crippen molar-refractivity contribution in [1.29, 1.82) is 0 Å². The van der Waals surface area contributed by atoms with Crippen molar-refractivity contribution in [3.63, 3.8) is 0 Å². The van der Waals surface area contributed by atoms with Gasteiger partial charge in [-0.1, -0.05) is 6.92 Å². The predicted molar refractivity (Wildman–Crippen MR) is 87.7 cm³/mol. The molecule has 4 nitrogen and oxygen atoms in total. The van der Waals surface area contributed by atoms with E-state index < -0.39 is 0 Å². The number of halogens is 1. The molecule has 2 atom stereocenters. The SMILES string of the molecule is CCC(N)C(c1cnn(C)c1)N(C)Cc1csc(Br)c1. The molecular weight excluding hydrogens is 336 g/mol. The minimum absolute atomic E-state index is 0.103. The Morgan fingerprint density at radius 3 is 2.80 bits per heavy atom. The fourth-order valence-electron chi connectivity index (χ4n) is 2.46. The Morgan fingerprint density at radius 2 is 2.30 bits per heavy atom. The second-order valence-electron chi connectivity index (χ2n) is 5.14. The fourth-order valence-corrected chi connectivity index (χ4v) is 3.66. The van der Waals surface area contributed by atoms with Crippen LogP contribution in [0.4, 0.5) is 0 Å². The summed E-state index contributed by atoms with van der Waals surface area (Å²) >= 11 is 5.23. The van der Waals surface area contributed by atoms with Gasteiger partial charge in [-0.2, -0.15) is 5.10 Å². The summed E-state index contributed by atoms with van der Waals surface area (Å²) in [7, 11) is 4.06. The molecule has 2 rings (SSSR count). The molecule has 6 heteroatoms. The number of nitrogens with zero attached hydrogens (tertiary/aromatic N) is 3. The van der Waals surface area contributed by atoms with Crippen molar-refractivity contribution in [3.05, 3.63) is 38.8 Å². The average Bonchev–Trinajstić information content (AvgIpc) is 2.99. The zero-order chi connectivity index (χ0) is 14.7. The molecule has 0 amide bonds. The van der Waals surface area contributed by atoms with E-state index in [0.717, 1.165) is 13.0 Å². The van der Waals surface area contributed by atoms with Crippen molar-refractivity contribution in [2.75, 3.05) is 7.05 Å². The first-order valence-electron chi connectivity index (χ1n) is 6.68. The maximum absolute atomic E-state index is 6.33. The highest BCUT2D eigenvalue weighted by Gasteiger charge is 2.24. The molecule has 2 aromatic rings. The molecule has 0 saturated heterocycles. The van der Waals surface area contributed by atoms with Crippen LogP contribution in [-0.4, -0.2) is 27.8 Å². The smallest absolute Gasteiger partial charge is 0.0701 e. The van der Waals surface area contributed by atoms with E-state index in [9.17, 15) is 0 Å². The summed E-state index contributed by atoms with van der Waals surface area (Å²) in [5, 5.41) is 6.46. The summed E-state index contributed by atoms with van der Waals surface area (Å²) in [4.78, 5) is 2.31. The number of aryl methyl sites for hydroxylation is 1. The quantitative estimate of drug-likeness (QED) is 0.864. The Labute approximate surface area is 132 Å². The maximum atomic E-state index is 6.33. The van der Waals surface area contributed by atoms with Crippen molar-refractivity contribution in [1.82, 2.24) is 14.7 Å². The van der Waals surface area contributed by atoms with Crippen LogP contribution in [0.5, 0.6) is 0 Å². The lowest BCUT2D eigenvalue weighted by molar-refractivity contribution is 0.202. The molecular formula is C14H21BrN4S. The lowest BCUT2D eigenvalue weighted by Gasteiger charge is -2.31. The first-order valence-corrected chi connectivity index (χ1v) is 8.35. The Hall–Kier alpha value is -0.690. The van der Waals surface area contributed by atoms with Gasteiger partial charge in [-0.25, -0.2) is 0 Å². The molecule has 20 heavy (non-hydrogen) atoms. The third-order valence-corrected chi connectivity index (χ3v) is 5.03. The van der Waals surface area contributed by atoms with E-state index in [1.165, 1.54) is 14.9 Å². The van der Waals surface area contributed by atoms with E-state index in [4.69, 9.17) is 5.73 Å². The van der Waals surface area contributed by atoms with Crippen LogP contribution in [0, 0.1) is 0 Å². The zero-order valence-electron chi connectivity index (χ0n) is 12.1. The van der Waals surface area contributed by atoms with E-state index in [2.05, 4.69) is 57.5 Å². The van der Waals surface area contributed by atoms with E-state index in [1.807, 2.05) is 17.9 Å². The molecule has 0 aliphatic heterocycles. The van der Waals surface area contributed by atoms with Crippen molar-refractivity contribution in [3.8, 4) is 0 Å². The normalized spacial score (nSPS) is 14.7. The summed E-state index contributed by atoms with van der Waals surface area (Å²) in [6, 6.07) is 2.46. The number of hydrogen-bond donors (Lipinski definition) is 1. The van der Waals surface area contributed by atoms with Gasteiger partial charge in [-0.3, -0.25) is 9.58 Å². The first kappa shape index (κ1) is 15.7. The van der Waals surface area contributed by atoms with Crippen LogP contribution in [0.1, 0.15) is 30.5 Å². The van der Waals surface area contributed by atoms with Crippen LogP contribution in [0.25, 0.3) is 0 Å². The summed E-state index contributed by atoms with van der Waals surface area (Å²) in [5.41, 5.74) is 8.82. The molecule has 0 radical (unpaired) electrons. The molecule has 0 aromatic carbocycles. The molecule has 2 N–H and O–H groups in total. The van der Waals surface area contributed by atoms with Crippen molar-refractivity contribution < 1.29 is 0 Å². The Morgan fingerprint density at radius 1 is 1.55 bits per heavy atom. The third kappa shape index (κ3) is 3.69. The number of aromatic nitrogens is 2. The van der Waals surface area contributed by atoms with Gasteiger partial charge in [0.15, 0.2) is 0 Å². The van der Waals surface area contributed by atoms with Crippen LogP contribution in [0.15, 0.2) is 27.6 Å². The maximum Gasteiger partial charge on any atom is 0.0701 e. The third-order valence-electron chi connectivity index (χ3n) is 3.47. The van der Waals surface area contributed by atoms with Crippen LogP contribution >= 0.6 is 27.3 Å². The monoisotopic (exact) mass is 356 g/mol. The van der Waals surface area contributed by atoms with Gasteiger partial charge in [0, 0.05) is 31.4 Å². The Bertz CT molecular complexity index is 551. The molecule has 2 aromatic heterocycles. The minimum atomic E-state index is 0.103. The number of likely N-dealkylation sites (N-methyl/N-ethyl adjacent to an activating group) is 1. The Balaban J connectivity index is 2.17. The van der Waals surface area contributed by atoms with Crippen molar-refractivity contribution in [2.24, 2.45) is 12.8 Å². The van der Waals surface area contributed by atoms with Gasteiger partial charge in [0.2, 0.25) is 0 Å². The predicted octanol–water partition coefficient (Wildman–Crippen LogP) is 3.15. The van der Waals surface area contributed by atoms with E-state index in [0.29, 0.717) is 0 Å². The molecule has 110 valence electrons. The molecule has 0 fully saturated rings. The first-order chi connectivity index (χ1) is 9.51. The van der Waals surface area contributed by atoms with Gasteiger partial charge in [0.25, 0.3) is 0 Å². The standard InChI is InChI=1S/C14H21BrN4S/c1-4-12(16)14(11-6-17-19(3)8-11)18(2)7-10-5-13(15)20-9-10/h5-6,8-9,12,14H,4,7,16H2,1-3H3. The van der Waals surface area contributed by atoms with Crippen molar-refractivity contribution in [2.45, 2.75) is 32.0 Å². The number of rotatable bonds is 6. The fraction of sp³-hybridized carbons (Fsp3) is 0.500. The second kappa shape index (κ2) is 6.85. The number of thiophene rings is 1. The molecule has 2 heterocycles. The molecule has 0 spiro atoms. The average molecular weight is 357 g/mol. The van der Waals surface area contributed by atoms with Gasteiger partial charge in [0.1, 0.15) is 0 Å². The summed E-state index contributed by atoms with van der Waals surface area (Å²) < 4.78 is 3.00. The Kier molecular flexibility index (Phi) is 5.37. The van der Waals surface area contributed by atoms with Gasteiger partial charge in [-0.05, 0) is 46.4 Å². The molecule has 0 saturated carbocycles. The number of nitrogens with two attached hydrogens (primary N) is 1.